The van der Waals surface area contributed by atoms with E-state index in [0.29, 0.717) is 17.1 Å². The van der Waals surface area contributed by atoms with E-state index in [0.717, 1.165) is 0 Å². The Kier molecular flexibility index (Phi) is 3.53. The Balaban J connectivity index is 2.23. The number of nitrogens with two attached hydrogens (primary N) is 1. The molecule has 8 nitrogen and oxygen atoms in total. The molecule has 1 aromatic carbocycles. The molecule has 0 aliphatic heterocycles. The zero-order valence-corrected chi connectivity index (χ0v) is 10.0. The molecule has 2 rings (SSSR count). The largest absolute Gasteiger partial charge is 0.439 e. The number of benzene rings is 1. The summed E-state index contributed by atoms with van der Waals surface area (Å²) in [7, 11) is 0. The lowest BCUT2D eigenvalue weighted by molar-refractivity contribution is -0.385. The number of nitrogens with zero attached hydrogens (tertiary/aromatic N) is 3. The normalized spacial score (nSPS) is 10.0. The van der Waals surface area contributed by atoms with E-state index in [1.54, 1.807) is 13.0 Å². The third kappa shape index (κ3) is 2.93. The van der Waals surface area contributed by atoms with Gasteiger partial charge in [-0.3, -0.25) is 10.1 Å². The van der Waals surface area contributed by atoms with Crippen LogP contribution in [0.4, 0.5) is 11.5 Å². The van der Waals surface area contributed by atoms with Crippen LogP contribution in [-0.2, 0) is 0 Å². The highest BCUT2D eigenvalue weighted by Gasteiger charge is 2.11. The maximum Gasteiger partial charge on any atom is 0.272 e. The first-order chi connectivity index (χ1) is 9.10. The molecule has 8 heteroatoms. The lowest BCUT2D eigenvalue weighted by Gasteiger charge is -2.06. The first kappa shape index (κ1) is 12.7. The monoisotopic (exact) mass is 261 g/mol. The van der Waals surface area contributed by atoms with Gasteiger partial charge in [-0.05, 0) is 19.1 Å². The van der Waals surface area contributed by atoms with Gasteiger partial charge in [0.25, 0.3) is 5.69 Å². The van der Waals surface area contributed by atoms with Crippen LogP contribution in [0.3, 0.4) is 0 Å². The number of nitrogens with one attached hydrogen (secondary N) is 1. The standard InChI is InChI=1S/C11H11N5O3/c1-7-4-8(2-3-9(7)16(17)18)19-11-5-10(15-12)13-6-14-11/h2-6H,12H2,1H3,(H,13,14,15). The molecule has 0 atom stereocenters. The van der Waals surface area contributed by atoms with E-state index in [9.17, 15) is 10.1 Å². The quantitative estimate of drug-likeness (QED) is 0.489. The van der Waals surface area contributed by atoms with Crippen molar-refractivity contribution < 1.29 is 9.66 Å². The number of aryl methyl sites for hydroxylation is 1. The lowest BCUT2D eigenvalue weighted by Crippen LogP contribution is -2.08. The smallest absolute Gasteiger partial charge is 0.272 e. The van der Waals surface area contributed by atoms with Crippen molar-refractivity contribution in [3.8, 4) is 11.6 Å². The summed E-state index contributed by atoms with van der Waals surface area (Å²) < 4.78 is 5.47. The molecule has 0 saturated heterocycles. The summed E-state index contributed by atoms with van der Waals surface area (Å²) in [6.45, 7) is 1.64. The second-order valence-electron chi connectivity index (χ2n) is 3.69. The van der Waals surface area contributed by atoms with Crippen LogP contribution in [0.1, 0.15) is 5.56 Å². The van der Waals surface area contributed by atoms with Crippen LogP contribution >= 0.6 is 0 Å². The molecule has 0 unspecified atom stereocenters. The number of aromatic nitrogens is 2. The van der Waals surface area contributed by atoms with Crippen molar-refractivity contribution in [2.24, 2.45) is 5.84 Å². The van der Waals surface area contributed by atoms with Crippen LogP contribution in [0.2, 0.25) is 0 Å². The van der Waals surface area contributed by atoms with Crippen LogP contribution in [-0.4, -0.2) is 14.9 Å². The summed E-state index contributed by atoms with van der Waals surface area (Å²) in [5.74, 6) is 6.36. The highest BCUT2D eigenvalue weighted by atomic mass is 16.6. The Bertz CT molecular complexity index is 617. The minimum Gasteiger partial charge on any atom is -0.439 e. The summed E-state index contributed by atoms with van der Waals surface area (Å²) in [6.07, 6.45) is 1.29. The average Bonchev–Trinajstić information content (AvgIpc) is 2.38. The molecule has 0 radical (unpaired) electrons. The summed E-state index contributed by atoms with van der Waals surface area (Å²) in [4.78, 5) is 18.0. The average molecular weight is 261 g/mol. The van der Waals surface area contributed by atoms with E-state index in [2.05, 4.69) is 15.4 Å². The van der Waals surface area contributed by atoms with Crippen LogP contribution in [0.5, 0.6) is 11.6 Å². The Labute approximate surface area is 108 Å². The first-order valence-corrected chi connectivity index (χ1v) is 5.31. The Morgan fingerprint density at radius 2 is 2.16 bits per heavy atom. The predicted octanol–water partition coefficient (Wildman–Crippen LogP) is 1.77. The molecule has 0 bridgehead atoms. The van der Waals surface area contributed by atoms with Gasteiger partial charge >= 0.3 is 0 Å². The number of hydrogen-bond donors (Lipinski definition) is 2. The van der Waals surface area contributed by atoms with Crippen molar-refractivity contribution >= 4 is 11.5 Å². The first-order valence-electron chi connectivity index (χ1n) is 5.31. The van der Waals surface area contributed by atoms with Gasteiger partial charge in [0.2, 0.25) is 5.88 Å². The van der Waals surface area contributed by atoms with Crippen LogP contribution < -0.4 is 16.0 Å². The van der Waals surface area contributed by atoms with Gasteiger partial charge < -0.3 is 10.2 Å². The zero-order chi connectivity index (χ0) is 13.8. The van der Waals surface area contributed by atoms with E-state index in [4.69, 9.17) is 10.6 Å². The van der Waals surface area contributed by atoms with E-state index >= 15 is 0 Å². The maximum absolute atomic E-state index is 10.7. The third-order valence-corrected chi connectivity index (χ3v) is 2.38. The van der Waals surface area contributed by atoms with Gasteiger partial charge in [0, 0.05) is 17.7 Å². The molecular formula is C11H11N5O3. The van der Waals surface area contributed by atoms with Gasteiger partial charge in [0.1, 0.15) is 17.9 Å². The van der Waals surface area contributed by atoms with E-state index in [1.807, 2.05) is 0 Å². The number of anilines is 1. The molecular weight excluding hydrogens is 250 g/mol. The van der Waals surface area contributed by atoms with Crippen molar-refractivity contribution in [2.45, 2.75) is 6.92 Å². The molecule has 98 valence electrons. The van der Waals surface area contributed by atoms with Gasteiger partial charge in [-0.15, -0.1) is 0 Å². The molecule has 0 aliphatic carbocycles. The molecule has 0 amide bonds. The van der Waals surface area contributed by atoms with Crippen molar-refractivity contribution in [3.63, 3.8) is 0 Å². The second kappa shape index (κ2) is 5.27. The summed E-state index contributed by atoms with van der Waals surface area (Å²) >= 11 is 0. The van der Waals surface area contributed by atoms with E-state index in [1.165, 1.54) is 24.5 Å². The maximum atomic E-state index is 10.7. The predicted molar refractivity (Wildman–Crippen MR) is 67.7 cm³/mol. The topological polar surface area (TPSA) is 116 Å². The Morgan fingerprint density at radius 3 is 2.79 bits per heavy atom. The molecule has 0 spiro atoms. The van der Waals surface area contributed by atoms with Gasteiger partial charge in [-0.1, -0.05) is 0 Å². The van der Waals surface area contributed by atoms with Crippen LogP contribution in [0, 0.1) is 17.0 Å². The van der Waals surface area contributed by atoms with E-state index < -0.39 is 4.92 Å². The number of nitrogen functional groups attached to an aromatic ring is 1. The molecule has 2 aromatic rings. The fraction of sp³-hybridized carbons (Fsp3) is 0.0909. The minimum atomic E-state index is -0.444. The fourth-order valence-corrected chi connectivity index (χ4v) is 1.49. The van der Waals surface area contributed by atoms with Gasteiger partial charge in [-0.2, -0.15) is 0 Å². The fourth-order valence-electron chi connectivity index (χ4n) is 1.49. The van der Waals surface area contributed by atoms with Gasteiger partial charge in [-0.25, -0.2) is 15.8 Å². The van der Waals surface area contributed by atoms with Crippen LogP contribution in [0.25, 0.3) is 0 Å². The molecule has 0 fully saturated rings. The number of hydrogen-bond acceptors (Lipinski definition) is 7. The van der Waals surface area contributed by atoms with Crippen molar-refractivity contribution in [1.29, 1.82) is 0 Å². The minimum absolute atomic E-state index is 0.0411. The molecule has 3 N–H and O–H groups in total. The molecule has 1 aromatic heterocycles. The number of rotatable bonds is 4. The molecule has 0 aliphatic rings. The van der Waals surface area contributed by atoms with Crippen molar-refractivity contribution in [1.82, 2.24) is 9.97 Å². The van der Waals surface area contributed by atoms with Crippen LogP contribution in [0.15, 0.2) is 30.6 Å². The lowest BCUT2D eigenvalue weighted by atomic mass is 10.2. The Morgan fingerprint density at radius 1 is 1.37 bits per heavy atom. The number of nitro groups is 1. The van der Waals surface area contributed by atoms with Gasteiger partial charge in [0.15, 0.2) is 0 Å². The van der Waals surface area contributed by atoms with Crippen molar-refractivity contribution in [3.05, 3.63) is 46.3 Å². The molecule has 19 heavy (non-hydrogen) atoms. The SMILES string of the molecule is Cc1cc(Oc2cc(NN)ncn2)ccc1[N+](=O)[O-]. The number of ether oxygens (including phenoxy) is 1. The summed E-state index contributed by atoms with van der Waals surface area (Å²) in [5, 5.41) is 10.7. The second-order valence-corrected chi connectivity index (χ2v) is 3.69. The van der Waals surface area contributed by atoms with Crippen molar-refractivity contribution in [2.75, 3.05) is 5.43 Å². The highest BCUT2D eigenvalue weighted by molar-refractivity contribution is 5.45. The van der Waals surface area contributed by atoms with E-state index in [-0.39, 0.29) is 11.6 Å². The van der Waals surface area contributed by atoms with Gasteiger partial charge in [0.05, 0.1) is 4.92 Å². The summed E-state index contributed by atoms with van der Waals surface area (Å²) in [5.41, 5.74) is 2.92. The molecule has 1 heterocycles. The number of hydrazine groups is 1. The zero-order valence-electron chi connectivity index (χ0n) is 10.0. The number of nitro benzene ring substituents is 1. The summed E-state index contributed by atoms with van der Waals surface area (Å²) in [6, 6.07) is 5.96. The third-order valence-electron chi connectivity index (χ3n) is 2.38. The Hall–Kier alpha value is -2.74. The molecule has 0 saturated carbocycles. The highest BCUT2D eigenvalue weighted by Crippen LogP contribution is 2.26.